The van der Waals surface area contributed by atoms with E-state index in [4.69, 9.17) is 4.42 Å². The Hall–Kier alpha value is -1.65. The molecule has 0 aromatic carbocycles. The maximum atomic E-state index is 5.23. The van der Waals surface area contributed by atoms with Crippen LogP contribution in [0.3, 0.4) is 0 Å². The van der Waals surface area contributed by atoms with Gasteiger partial charge in [0.15, 0.2) is 0 Å². The van der Waals surface area contributed by atoms with E-state index in [2.05, 4.69) is 34.7 Å². The van der Waals surface area contributed by atoms with Crippen LogP contribution in [0, 0.1) is 0 Å². The highest BCUT2D eigenvalue weighted by atomic mass is 16.3. The van der Waals surface area contributed by atoms with Crippen molar-refractivity contribution in [1.29, 1.82) is 0 Å². The van der Waals surface area contributed by atoms with Crippen molar-refractivity contribution < 1.29 is 4.42 Å². The zero-order valence-electron chi connectivity index (χ0n) is 12.9. The van der Waals surface area contributed by atoms with Crippen molar-refractivity contribution in [2.24, 2.45) is 0 Å². The molecule has 0 spiro atoms. The number of nitrogens with one attached hydrogen (secondary N) is 2. The lowest BCUT2D eigenvalue weighted by molar-refractivity contribution is 0.431. The average Bonchev–Trinajstić information content (AvgIpc) is 3.06. The molecule has 0 amide bonds. The van der Waals surface area contributed by atoms with Crippen LogP contribution in [0.5, 0.6) is 0 Å². The first-order chi connectivity index (χ1) is 10.3. The fourth-order valence-electron chi connectivity index (χ4n) is 2.59. The summed E-state index contributed by atoms with van der Waals surface area (Å²) in [6, 6.07) is 6.90. The van der Waals surface area contributed by atoms with Gasteiger partial charge in [-0.3, -0.25) is 4.98 Å². The minimum absolute atomic E-state index is 0.349. The van der Waals surface area contributed by atoms with Gasteiger partial charge >= 0.3 is 0 Å². The third kappa shape index (κ3) is 4.69. The summed E-state index contributed by atoms with van der Waals surface area (Å²) in [6.07, 6.45) is 10.5. The molecule has 21 heavy (non-hydrogen) atoms. The lowest BCUT2D eigenvalue weighted by Gasteiger charge is -2.21. The third-order valence-electron chi connectivity index (χ3n) is 3.79. The average molecular weight is 287 g/mol. The van der Waals surface area contributed by atoms with Crippen LogP contribution in [-0.2, 0) is 0 Å². The molecular weight excluding hydrogens is 262 g/mol. The second kappa shape index (κ2) is 8.60. The predicted octanol–water partition coefficient (Wildman–Crippen LogP) is 3.46. The summed E-state index contributed by atoms with van der Waals surface area (Å²) in [5, 5.41) is 7.00. The molecule has 0 saturated heterocycles. The molecule has 4 nitrogen and oxygen atoms in total. The molecule has 0 aliphatic carbocycles. The van der Waals surface area contributed by atoms with E-state index >= 15 is 0 Å². The smallest absolute Gasteiger partial charge is 0.0950 e. The summed E-state index contributed by atoms with van der Waals surface area (Å²) in [6.45, 7) is 3.21. The number of aromatic nitrogens is 1. The Labute approximate surface area is 127 Å². The van der Waals surface area contributed by atoms with Gasteiger partial charge in [-0.2, -0.15) is 0 Å². The number of hydrogen-bond acceptors (Lipinski definition) is 4. The summed E-state index contributed by atoms with van der Waals surface area (Å²) in [7, 11) is 2.01. The van der Waals surface area contributed by atoms with Crippen LogP contribution < -0.4 is 10.6 Å². The van der Waals surface area contributed by atoms with Crippen LogP contribution in [0.4, 0.5) is 0 Å². The van der Waals surface area contributed by atoms with Crippen molar-refractivity contribution in [3.63, 3.8) is 0 Å². The third-order valence-corrected chi connectivity index (χ3v) is 3.79. The Balaban J connectivity index is 1.96. The van der Waals surface area contributed by atoms with E-state index < -0.39 is 0 Å². The van der Waals surface area contributed by atoms with E-state index in [1.807, 2.05) is 31.8 Å². The molecule has 2 N–H and O–H groups in total. The Morgan fingerprint density at radius 1 is 1.10 bits per heavy atom. The van der Waals surface area contributed by atoms with Gasteiger partial charge in [0.2, 0.25) is 0 Å². The monoisotopic (exact) mass is 287 g/mol. The SMILES string of the molecule is CCCNC(CCC(NC)c1ccncc1)c1ccoc1. The van der Waals surface area contributed by atoms with Crippen molar-refractivity contribution in [3.05, 3.63) is 54.2 Å². The predicted molar refractivity (Wildman–Crippen MR) is 85.0 cm³/mol. The Kier molecular flexibility index (Phi) is 6.44. The van der Waals surface area contributed by atoms with Gasteiger partial charge in [-0.1, -0.05) is 6.92 Å². The van der Waals surface area contributed by atoms with E-state index in [1.165, 1.54) is 11.1 Å². The second-order valence-corrected chi connectivity index (χ2v) is 5.26. The summed E-state index contributed by atoms with van der Waals surface area (Å²) in [5.74, 6) is 0. The normalized spacial score (nSPS) is 14.0. The Morgan fingerprint density at radius 2 is 1.86 bits per heavy atom. The summed E-state index contributed by atoms with van der Waals surface area (Å²) in [4.78, 5) is 4.09. The van der Waals surface area contributed by atoms with E-state index in [-0.39, 0.29) is 0 Å². The second-order valence-electron chi connectivity index (χ2n) is 5.26. The standard InChI is InChI=1S/C17H25N3O/c1-3-9-20-17(15-8-12-21-13-15)5-4-16(18-2)14-6-10-19-11-7-14/h6-8,10-13,16-18,20H,3-5,9H2,1-2H3. The van der Waals surface area contributed by atoms with Crippen LogP contribution in [0.25, 0.3) is 0 Å². The quantitative estimate of drug-likeness (QED) is 0.741. The highest BCUT2D eigenvalue weighted by Crippen LogP contribution is 2.25. The van der Waals surface area contributed by atoms with Crippen LogP contribution in [-0.4, -0.2) is 18.6 Å². The largest absolute Gasteiger partial charge is 0.472 e. The Bertz CT molecular complexity index is 484. The highest BCUT2D eigenvalue weighted by molar-refractivity contribution is 5.16. The number of nitrogens with zero attached hydrogens (tertiary/aromatic N) is 1. The van der Waals surface area contributed by atoms with Crippen LogP contribution >= 0.6 is 0 Å². The molecule has 2 rings (SSSR count). The molecule has 2 aromatic heterocycles. The first-order valence-electron chi connectivity index (χ1n) is 7.67. The van der Waals surface area contributed by atoms with E-state index in [9.17, 15) is 0 Å². The van der Waals surface area contributed by atoms with Gasteiger partial charge in [-0.25, -0.2) is 0 Å². The topological polar surface area (TPSA) is 50.1 Å². The van der Waals surface area contributed by atoms with Crippen LogP contribution in [0.1, 0.15) is 49.4 Å². The molecule has 0 fully saturated rings. The first-order valence-corrected chi connectivity index (χ1v) is 7.67. The summed E-state index contributed by atoms with van der Waals surface area (Å²) in [5.41, 5.74) is 2.52. The fraction of sp³-hybridized carbons (Fsp3) is 0.471. The molecule has 2 aromatic rings. The van der Waals surface area contributed by atoms with Crippen molar-refractivity contribution in [3.8, 4) is 0 Å². The Morgan fingerprint density at radius 3 is 2.48 bits per heavy atom. The van der Waals surface area contributed by atoms with Crippen molar-refractivity contribution in [2.45, 2.75) is 38.3 Å². The highest BCUT2D eigenvalue weighted by Gasteiger charge is 2.16. The van der Waals surface area contributed by atoms with Crippen molar-refractivity contribution in [2.75, 3.05) is 13.6 Å². The molecular formula is C17H25N3O. The summed E-state index contributed by atoms with van der Waals surface area (Å²) >= 11 is 0. The molecule has 2 atom stereocenters. The molecule has 114 valence electrons. The maximum Gasteiger partial charge on any atom is 0.0950 e. The van der Waals surface area contributed by atoms with Crippen LogP contribution in [0.2, 0.25) is 0 Å². The van der Waals surface area contributed by atoms with Crippen LogP contribution in [0.15, 0.2) is 47.5 Å². The van der Waals surface area contributed by atoms with Crippen molar-refractivity contribution >= 4 is 0 Å². The van der Waals surface area contributed by atoms with Gasteiger partial charge < -0.3 is 15.1 Å². The lowest BCUT2D eigenvalue weighted by atomic mass is 9.97. The van der Waals surface area contributed by atoms with Gasteiger partial charge in [-0.15, -0.1) is 0 Å². The molecule has 0 radical (unpaired) electrons. The van der Waals surface area contributed by atoms with Gasteiger partial charge in [0.05, 0.1) is 12.5 Å². The number of rotatable bonds is 9. The minimum atomic E-state index is 0.349. The van der Waals surface area contributed by atoms with E-state index in [1.54, 1.807) is 6.26 Å². The fourth-order valence-corrected chi connectivity index (χ4v) is 2.59. The van der Waals surface area contributed by atoms with E-state index in [0.717, 1.165) is 25.8 Å². The lowest BCUT2D eigenvalue weighted by Crippen LogP contribution is -2.24. The number of hydrogen-bond donors (Lipinski definition) is 2. The molecule has 2 heterocycles. The molecule has 2 unspecified atom stereocenters. The van der Waals surface area contributed by atoms with Crippen molar-refractivity contribution in [1.82, 2.24) is 15.6 Å². The first kappa shape index (κ1) is 15.7. The zero-order valence-corrected chi connectivity index (χ0v) is 12.9. The molecule has 0 aliphatic heterocycles. The minimum Gasteiger partial charge on any atom is -0.472 e. The molecule has 0 bridgehead atoms. The number of furan rings is 1. The van der Waals surface area contributed by atoms with Gasteiger partial charge in [-0.05, 0) is 56.6 Å². The van der Waals surface area contributed by atoms with Gasteiger partial charge in [0, 0.05) is 30.0 Å². The molecule has 4 heteroatoms. The maximum absolute atomic E-state index is 5.23. The van der Waals surface area contributed by atoms with E-state index in [0.29, 0.717) is 12.1 Å². The zero-order chi connectivity index (χ0) is 14.9. The van der Waals surface area contributed by atoms with Gasteiger partial charge in [0.25, 0.3) is 0 Å². The summed E-state index contributed by atoms with van der Waals surface area (Å²) < 4.78 is 5.23. The molecule has 0 saturated carbocycles. The van der Waals surface area contributed by atoms with Gasteiger partial charge in [0.1, 0.15) is 0 Å². The molecule has 0 aliphatic rings. The number of pyridine rings is 1.